The number of fused-ring (bicyclic) bond motifs is 4. The van der Waals surface area contributed by atoms with Crippen molar-refractivity contribution in [2.45, 2.75) is 97.2 Å². The summed E-state index contributed by atoms with van der Waals surface area (Å²) < 4.78 is 0. The average molecular weight is 442 g/mol. The van der Waals surface area contributed by atoms with Crippen LogP contribution in [0.25, 0.3) is 0 Å². The number of amides is 1. The lowest BCUT2D eigenvalue weighted by atomic mass is 9.47. The van der Waals surface area contributed by atoms with Gasteiger partial charge in [-0.15, -0.1) is 0 Å². The second-order valence-corrected chi connectivity index (χ2v) is 13.0. The summed E-state index contributed by atoms with van der Waals surface area (Å²) in [5, 5.41) is 0. The van der Waals surface area contributed by atoms with Crippen LogP contribution < -0.4 is 5.73 Å². The molecule has 5 aliphatic rings. The first-order chi connectivity index (χ1) is 15.1. The highest BCUT2D eigenvalue weighted by atomic mass is 16.2. The SMILES string of the molecule is CC(C)C(N)C(=O)N(C)C1CCC2(C)C(=CCC3C2CCC24CN(C)C(C)C2CCC34)C1. The first-order valence-electron chi connectivity index (χ1n) is 13.5. The van der Waals surface area contributed by atoms with Gasteiger partial charge in [0.25, 0.3) is 0 Å². The Morgan fingerprint density at radius 3 is 2.59 bits per heavy atom. The molecule has 180 valence electrons. The molecule has 4 fully saturated rings. The fourth-order valence-electron chi connectivity index (χ4n) is 9.47. The second-order valence-electron chi connectivity index (χ2n) is 13.0. The molecule has 1 saturated heterocycles. The summed E-state index contributed by atoms with van der Waals surface area (Å²) in [4.78, 5) is 17.6. The standard InChI is InChI=1S/C28H47N3O/c1-17(2)25(29)26(32)31(6)20-11-13-27(4)19(15-20)7-8-21-23(27)12-14-28-16-30(5)18(3)22(28)9-10-24(21)28/h7,17-18,20-25H,8-16,29H2,1-6H3. The number of hydrogen-bond donors (Lipinski definition) is 1. The molecular weight excluding hydrogens is 394 g/mol. The molecule has 1 heterocycles. The predicted octanol–water partition coefficient (Wildman–Crippen LogP) is 4.69. The summed E-state index contributed by atoms with van der Waals surface area (Å²) in [6.45, 7) is 10.5. The van der Waals surface area contributed by atoms with Gasteiger partial charge in [0.1, 0.15) is 0 Å². The molecule has 2 N–H and O–H groups in total. The lowest BCUT2D eigenvalue weighted by Gasteiger charge is -2.58. The molecule has 9 atom stereocenters. The Hall–Kier alpha value is -0.870. The van der Waals surface area contributed by atoms with Crippen LogP contribution in [-0.2, 0) is 4.79 Å². The monoisotopic (exact) mass is 441 g/mol. The van der Waals surface area contributed by atoms with E-state index >= 15 is 0 Å². The number of carbonyl (C=O) groups excluding carboxylic acids is 1. The van der Waals surface area contributed by atoms with Gasteiger partial charge in [-0.25, -0.2) is 0 Å². The Kier molecular flexibility index (Phi) is 5.61. The first kappa shape index (κ1) is 22.9. The van der Waals surface area contributed by atoms with E-state index in [4.69, 9.17) is 5.73 Å². The van der Waals surface area contributed by atoms with Gasteiger partial charge in [-0.2, -0.15) is 0 Å². The molecule has 0 radical (unpaired) electrons. The zero-order chi connectivity index (χ0) is 23.0. The predicted molar refractivity (Wildman–Crippen MR) is 131 cm³/mol. The normalized spacial score (nSPS) is 46.7. The number of hydrogen-bond acceptors (Lipinski definition) is 3. The zero-order valence-corrected chi connectivity index (χ0v) is 21.4. The highest BCUT2D eigenvalue weighted by Gasteiger charge is 2.64. The van der Waals surface area contributed by atoms with Crippen LogP contribution in [0.3, 0.4) is 0 Å². The summed E-state index contributed by atoms with van der Waals surface area (Å²) in [7, 11) is 4.36. The van der Waals surface area contributed by atoms with E-state index in [2.05, 4.69) is 31.9 Å². The molecule has 32 heavy (non-hydrogen) atoms. The van der Waals surface area contributed by atoms with Gasteiger partial charge in [0.05, 0.1) is 6.04 Å². The third kappa shape index (κ3) is 3.11. The summed E-state index contributed by atoms with van der Waals surface area (Å²) in [5.41, 5.74) is 8.83. The lowest BCUT2D eigenvalue weighted by Crippen LogP contribution is -2.54. The number of nitrogens with zero attached hydrogens (tertiary/aromatic N) is 2. The van der Waals surface area contributed by atoms with Crippen LogP contribution in [0.2, 0.25) is 0 Å². The molecule has 4 nitrogen and oxygen atoms in total. The van der Waals surface area contributed by atoms with Crippen LogP contribution in [0.5, 0.6) is 0 Å². The smallest absolute Gasteiger partial charge is 0.239 e. The first-order valence-corrected chi connectivity index (χ1v) is 13.5. The van der Waals surface area contributed by atoms with Gasteiger partial charge in [-0.3, -0.25) is 4.79 Å². The van der Waals surface area contributed by atoms with Crippen molar-refractivity contribution in [3.63, 3.8) is 0 Å². The van der Waals surface area contributed by atoms with Crippen LogP contribution in [0.15, 0.2) is 11.6 Å². The molecule has 1 spiro atoms. The largest absolute Gasteiger partial charge is 0.341 e. The Bertz CT molecular complexity index is 792. The van der Waals surface area contributed by atoms with Gasteiger partial charge in [-0.05, 0) is 106 Å². The average Bonchev–Trinajstić information content (AvgIpc) is 3.25. The molecule has 4 aliphatic carbocycles. The molecule has 4 heteroatoms. The molecule has 0 bridgehead atoms. The molecule has 0 aromatic carbocycles. The third-order valence-electron chi connectivity index (χ3n) is 11.6. The number of carbonyl (C=O) groups is 1. The van der Waals surface area contributed by atoms with E-state index in [0.29, 0.717) is 16.9 Å². The lowest BCUT2D eigenvalue weighted by molar-refractivity contribution is -0.135. The number of rotatable bonds is 3. The number of likely N-dealkylation sites (tertiary alicyclic amines) is 1. The van der Waals surface area contributed by atoms with E-state index in [9.17, 15) is 4.79 Å². The Balaban J connectivity index is 1.35. The maximum Gasteiger partial charge on any atom is 0.239 e. The van der Waals surface area contributed by atoms with Crippen molar-refractivity contribution in [3.05, 3.63) is 11.6 Å². The molecule has 9 unspecified atom stereocenters. The van der Waals surface area contributed by atoms with Gasteiger partial charge in [0.15, 0.2) is 0 Å². The highest BCUT2D eigenvalue weighted by Crippen LogP contribution is 2.68. The summed E-state index contributed by atoms with van der Waals surface area (Å²) in [5.74, 6) is 3.90. The minimum absolute atomic E-state index is 0.124. The van der Waals surface area contributed by atoms with Crippen LogP contribution in [0.4, 0.5) is 0 Å². The van der Waals surface area contributed by atoms with Crippen molar-refractivity contribution in [1.82, 2.24) is 9.80 Å². The van der Waals surface area contributed by atoms with Gasteiger partial charge in [0, 0.05) is 25.7 Å². The van der Waals surface area contributed by atoms with Gasteiger partial charge in [0.2, 0.25) is 5.91 Å². The van der Waals surface area contributed by atoms with Crippen molar-refractivity contribution in [1.29, 1.82) is 0 Å². The van der Waals surface area contributed by atoms with Crippen molar-refractivity contribution >= 4 is 5.91 Å². The van der Waals surface area contributed by atoms with Gasteiger partial charge < -0.3 is 15.5 Å². The fraction of sp³-hybridized carbons (Fsp3) is 0.893. The van der Waals surface area contributed by atoms with Crippen LogP contribution in [0.1, 0.15) is 79.1 Å². The maximum absolute atomic E-state index is 12.9. The quantitative estimate of drug-likeness (QED) is 0.647. The van der Waals surface area contributed by atoms with Gasteiger partial charge >= 0.3 is 0 Å². The molecular formula is C28H47N3O. The molecule has 0 aromatic heterocycles. The second kappa shape index (κ2) is 7.83. The van der Waals surface area contributed by atoms with Crippen molar-refractivity contribution in [3.8, 4) is 0 Å². The van der Waals surface area contributed by atoms with E-state index in [0.717, 1.165) is 42.6 Å². The topological polar surface area (TPSA) is 49.6 Å². The van der Waals surface area contributed by atoms with E-state index in [-0.39, 0.29) is 17.9 Å². The summed E-state index contributed by atoms with van der Waals surface area (Å²) >= 11 is 0. The van der Waals surface area contributed by atoms with E-state index in [1.54, 1.807) is 5.57 Å². The van der Waals surface area contributed by atoms with Crippen LogP contribution in [0, 0.1) is 40.4 Å². The molecule has 3 saturated carbocycles. The molecule has 0 aromatic rings. The maximum atomic E-state index is 12.9. The van der Waals surface area contributed by atoms with E-state index in [1.165, 1.54) is 45.1 Å². The minimum atomic E-state index is -0.380. The number of nitrogens with two attached hydrogens (primary N) is 1. The summed E-state index contributed by atoms with van der Waals surface area (Å²) in [6.07, 6.45) is 13.1. The fourth-order valence-corrected chi connectivity index (χ4v) is 9.47. The molecule has 5 rings (SSSR count). The van der Waals surface area contributed by atoms with E-state index < -0.39 is 0 Å². The Labute approximate surface area is 196 Å². The highest BCUT2D eigenvalue weighted by molar-refractivity contribution is 5.82. The van der Waals surface area contributed by atoms with Crippen LogP contribution >= 0.6 is 0 Å². The third-order valence-corrected chi connectivity index (χ3v) is 11.6. The number of allylic oxidation sites excluding steroid dienone is 1. The zero-order valence-electron chi connectivity index (χ0n) is 21.4. The van der Waals surface area contributed by atoms with Crippen molar-refractivity contribution in [2.75, 3.05) is 20.6 Å². The van der Waals surface area contributed by atoms with Crippen molar-refractivity contribution in [2.24, 2.45) is 46.2 Å². The molecule has 1 aliphatic heterocycles. The summed E-state index contributed by atoms with van der Waals surface area (Å²) in [6, 6.07) is 0.704. The van der Waals surface area contributed by atoms with Crippen LogP contribution in [-0.4, -0.2) is 54.5 Å². The van der Waals surface area contributed by atoms with Gasteiger partial charge in [-0.1, -0.05) is 32.4 Å². The van der Waals surface area contributed by atoms with Crippen molar-refractivity contribution < 1.29 is 4.79 Å². The molecule has 1 amide bonds. The minimum Gasteiger partial charge on any atom is -0.341 e. The Morgan fingerprint density at radius 2 is 1.88 bits per heavy atom. The number of likely N-dealkylation sites (N-methyl/N-ethyl adjacent to an activating group) is 1. The Morgan fingerprint density at radius 1 is 1.16 bits per heavy atom. The van der Waals surface area contributed by atoms with E-state index in [1.807, 2.05) is 25.8 Å².